The second-order valence-corrected chi connectivity index (χ2v) is 7.28. The average Bonchev–Trinajstić information content (AvgIpc) is 2.33. The van der Waals surface area contributed by atoms with Crippen LogP contribution in [0.4, 0.5) is 5.69 Å². The number of nitrogen functional groups attached to an aromatic ring is 1. The van der Waals surface area contributed by atoms with Gasteiger partial charge in [0.2, 0.25) is 0 Å². The van der Waals surface area contributed by atoms with Crippen LogP contribution in [0.1, 0.15) is 31.9 Å². The maximum Gasteiger partial charge on any atom is 0.150 e. The van der Waals surface area contributed by atoms with E-state index in [-0.39, 0.29) is 5.41 Å². The van der Waals surface area contributed by atoms with Crippen LogP contribution in [0.5, 0.6) is 11.5 Å². The predicted octanol–water partition coefficient (Wildman–Crippen LogP) is 5.27. The molecule has 0 amide bonds. The molecule has 0 aromatic heterocycles. The van der Waals surface area contributed by atoms with Gasteiger partial charge in [-0.1, -0.05) is 38.5 Å². The molecule has 0 radical (unpaired) electrons. The summed E-state index contributed by atoms with van der Waals surface area (Å²) in [6.07, 6.45) is 0. The predicted molar refractivity (Wildman–Crippen MR) is 93.5 cm³/mol. The second-order valence-electron chi connectivity index (χ2n) is 6.03. The Labute approximate surface area is 134 Å². The van der Waals surface area contributed by atoms with Crippen LogP contribution in [0.15, 0.2) is 36.4 Å². The first-order valence-electron chi connectivity index (χ1n) is 6.61. The van der Waals surface area contributed by atoms with Crippen molar-refractivity contribution >= 4 is 28.3 Å². The average molecular weight is 381 g/mol. The number of halogens is 1. The van der Waals surface area contributed by atoms with Gasteiger partial charge in [-0.05, 0) is 59.2 Å². The Morgan fingerprint density at radius 3 is 2.25 bits per heavy atom. The van der Waals surface area contributed by atoms with Crippen molar-refractivity contribution in [3.8, 4) is 11.5 Å². The van der Waals surface area contributed by atoms with Crippen molar-refractivity contribution < 1.29 is 4.74 Å². The molecule has 0 aliphatic rings. The van der Waals surface area contributed by atoms with Gasteiger partial charge in [0.15, 0.2) is 0 Å². The summed E-state index contributed by atoms with van der Waals surface area (Å²) < 4.78 is 7.15. The van der Waals surface area contributed by atoms with Crippen molar-refractivity contribution in [3.63, 3.8) is 0 Å². The summed E-state index contributed by atoms with van der Waals surface area (Å²) in [6.45, 7) is 8.65. The van der Waals surface area contributed by atoms with E-state index in [9.17, 15) is 0 Å². The van der Waals surface area contributed by atoms with Gasteiger partial charge in [0.05, 0.1) is 5.69 Å². The van der Waals surface area contributed by atoms with Gasteiger partial charge in [0.1, 0.15) is 11.5 Å². The van der Waals surface area contributed by atoms with Crippen molar-refractivity contribution in [3.05, 3.63) is 51.1 Å². The molecule has 0 saturated carbocycles. The number of hydrogen-bond acceptors (Lipinski definition) is 2. The molecule has 2 aromatic carbocycles. The minimum Gasteiger partial charge on any atom is -0.455 e. The Morgan fingerprint density at radius 1 is 1.00 bits per heavy atom. The highest BCUT2D eigenvalue weighted by molar-refractivity contribution is 14.1. The van der Waals surface area contributed by atoms with Gasteiger partial charge in [0, 0.05) is 9.13 Å². The van der Waals surface area contributed by atoms with E-state index in [0.717, 1.165) is 9.32 Å². The molecule has 2 rings (SSSR count). The van der Waals surface area contributed by atoms with Gasteiger partial charge in [-0.2, -0.15) is 0 Å². The monoisotopic (exact) mass is 381 g/mol. The minimum atomic E-state index is 0.0271. The van der Waals surface area contributed by atoms with E-state index in [1.165, 1.54) is 11.1 Å². The standard InChI is InChI=1S/C17H20INO/c1-11-5-7-15(13(9-11)17(2,3)4)20-16-8-6-12(18)10-14(16)19/h5-10H,19H2,1-4H3. The number of hydrogen-bond donors (Lipinski definition) is 1. The lowest BCUT2D eigenvalue weighted by Gasteiger charge is -2.23. The summed E-state index contributed by atoms with van der Waals surface area (Å²) in [6, 6.07) is 12.1. The smallest absolute Gasteiger partial charge is 0.150 e. The van der Waals surface area contributed by atoms with Gasteiger partial charge in [-0.15, -0.1) is 0 Å². The fourth-order valence-electron chi connectivity index (χ4n) is 2.05. The highest BCUT2D eigenvalue weighted by Crippen LogP contribution is 2.36. The summed E-state index contributed by atoms with van der Waals surface area (Å²) in [5.74, 6) is 1.58. The third kappa shape index (κ3) is 3.45. The van der Waals surface area contributed by atoms with Crippen molar-refractivity contribution in [2.45, 2.75) is 33.1 Å². The number of benzene rings is 2. The SMILES string of the molecule is Cc1ccc(Oc2ccc(I)cc2N)c(C(C)(C)C)c1. The van der Waals surface area contributed by atoms with Crippen LogP contribution < -0.4 is 10.5 Å². The summed E-state index contributed by atoms with van der Waals surface area (Å²) in [5, 5.41) is 0. The van der Waals surface area contributed by atoms with E-state index in [0.29, 0.717) is 11.4 Å². The summed E-state index contributed by atoms with van der Waals surface area (Å²) >= 11 is 2.24. The first-order chi connectivity index (χ1) is 9.27. The van der Waals surface area contributed by atoms with Gasteiger partial charge in [-0.25, -0.2) is 0 Å². The van der Waals surface area contributed by atoms with Gasteiger partial charge in [0.25, 0.3) is 0 Å². The van der Waals surface area contributed by atoms with E-state index in [1.807, 2.05) is 24.3 Å². The zero-order valence-electron chi connectivity index (χ0n) is 12.3. The molecule has 0 saturated heterocycles. The molecule has 2 aromatic rings. The van der Waals surface area contributed by atoms with Crippen LogP contribution in [-0.4, -0.2) is 0 Å². The lowest BCUT2D eigenvalue weighted by atomic mass is 9.85. The van der Waals surface area contributed by atoms with Crippen molar-refractivity contribution in [2.75, 3.05) is 5.73 Å². The Balaban J connectivity index is 2.43. The lowest BCUT2D eigenvalue weighted by molar-refractivity contribution is 0.457. The number of rotatable bonds is 2. The van der Waals surface area contributed by atoms with Crippen LogP contribution in [-0.2, 0) is 5.41 Å². The number of ether oxygens (including phenoxy) is 1. The minimum absolute atomic E-state index is 0.0271. The van der Waals surface area contributed by atoms with Crippen LogP contribution in [0.2, 0.25) is 0 Å². The van der Waals surface area contributed by atoms with E-state index < -0.39 is 0 Å². The molecule has 3 heteroatoms. The highest BCUT2D eigenvalue weighted by Gasteiger charge is 2.20. The molecular formula is C17H20INO. The molecular weight excluding hydrogens is 361 g/mol. The Hall–Kier alpha value is -1.23. The molecule has 2 N–H and O–H groups in total. The summed E-state index contributed by atoms with van der Waals surface area (Å²) in [4.78, 5) is 0. The molecule has 0 atom stereocenters. The fourth-order valence-corrected chi connectivity index (χ4v) is 2.56. The molecule has 106 valence electrons. The van der Waals surface area contributed by atoms with Crippen molar-refractivity contribution in [1.29, 1.82) is 0 Å². The van der Waals surface area contributed by atoms with E-state index in [2.05, 4.69) is 62.4 Å². The Morgan fingerprint density at radius 2 is 1.65 bits per heavy atom. The van der Waals surface area contributed by atoms with Gasteiger partial charge >= 0.3 is 0 Å². The van der Waals surface area contributed by atoms with E-state index in [1.54, 1.807) is 0 Å². The molecule has 20 heavy (non-hydrogen) atoms. The molecule has 0 fully saturated rings. The Kier molecular flexibility index (Phi) is 4.28. The molecule has 2 nitrogen and oxygen atoms in total. The van der Waals surface area contributed by atoms with Gasteiger partial charge in [-0.3, -0.25) is 0 Å². The van der Waals surface area contributed by atoms with Crippen LogP contribution in [0.3, 0.4) is 0 Å². The lowest BCUT2D eigenvalue weighted by Crippen LogP contribution is -2.13. The quantitative estimate of drug-likeness (QED) is 0.568. The number of nitrogens with two attached hydrogens (primary N) is 1. The highest BCUT2D eigenvalue weighted by atomic mass is 127. The maximum absolute atomic E-state index is 6.05. The van der Waals surface area contributed by atoms with Gasteiger partial charge < -0.3 is 10.5 Å². The first kappa shape index (κ1) is 15.2. The zero-order valence-corrected chi connectivity index (χ0v) is 14.5. The van der Waals surface area contributed by atoms with E-state index >= 15 is 0 Å². The molecule has 0 bridgehead atoms. The normalized spacial score (nSPS) is 11.4. The molecule has 0 unspecified atom stereocenters. The largest absolute Gasteiger partial charge is 0.455 e. The zero-order chi connectivity index (χ0) is 14.9. The van der Waals surface area contributed by atoms with Crippen LogP contribution in [0.25, 0.3) is 0 Å². The van der Waals surface area contributed by atoms with Crippen molar-refractivity contribution in [1.82, 2.24) is 0 Å². The molecule has 0 aliphatic carbocycles. The van der Waals surface area contributed by atoms with E-state index in [4.69, 9.17) is 10.5 Å². The fraction of sp³-hybridized carbons (Fsp3) is 0.294. The third-order valence-electron chi connectivity index (χ3n) is 3.13. The Bertz CT molecular complexity index is 629. The third-order valence-corrected chi connectivity index (χ3v) is 3.81. The van der Waals surface area contributed by atoms with Crippen LogP contribution >= 0.6 is 22.6 Å². The second kappa shape index (κ2) is 5.64. The van der Waals surface area contributed by atoms with Crippen molar-refractivity contribution in [2.24, 2.45) is 0 Å². The molecule has 0 heterocycles. The maximum atomic E-state index is 6.05. The first-order valence-corrected chi connectivity index (χ1v) is 7.69. The van der Waals surface area contributed by atoms with Crippen LogP contribution in [0, 0.1) is 10.5 Å². The molecule has 0 spiro atoms. The summed E-state index contributed by atoms with van der Waals surface area (Å²) in [5.41, 5.74) is 9.14. The number of anilines is 1. The molecule has 0 aliphatic heterocycles. The summed E-state index contributed by atoms with van der Waals surface area (Å²) in [7, 11) is 0. The topological polar surface area (TPSA) is 35.2 Å². The number of aryl methyl sites for hydroxylation is 1.